The Bertz CT molecular complexity index is 866. The lowest BCUT2D eigenvalue weighted by molar-refractivity contribution is 0.415. The summed E-state index contributed by atoms with van der Waals surface area (Å²) in [6.07, 6.45) is 0. The van der Waals surface area contributed by atoms with Gasteiger partial charge >= 0.3 is 0 Å². The van der Waals surface area contributed by atoms with Crippen LogP contribution in [0.25, 0.3) is 10.9 Å². The minimum Gasteiger partial charge on any atom is -0.497 e. The van der Waals surface area contributed by atoms with E-state index in [0.29, 0.717) is 5.69 Å². The zero-order valence-electron chi connectivity index (χ0n) is 12.3. The number of nitrogens with one attached hydrogen (secondary N) is 1. The molecule has 22 heavy (non-hydrogen) atoms. The number of benzene rings is 2. The molecule has 0 bridgehead atoms. The Balaban J connectivity index is 2.11. The van der Waals surface area contributed by atoms with Gasteiger partial charge < -0.3 is 10.1 Å². The van der Waals surface area contributed by atoms with E-state index in [9.17, 15) is 5.26 Å². The summed E-state index contributed by atoms with van der Waals surface area (Å²) in [7, 11) is 1.62. The maximum atomic E-state index is 9.29. The number of aryl methyl sites for hydroxylation is 1. The summed E-state index contributed by atoms with van der Waals surface area (Å²) in [5.41, 5.74) is 3.64. The lowest BCUT2D eigenvalue weighted by atomic mass is 10.1. The lowest BCUT2D eigenvalue weighted by Crippen LogP contribution is -2.00. The maximum Gasteiger partial charge on any atom is 0.187 e. The number of aromatic nitrogens is 2. The molecule has 0 amide bonds. The summed E-state index contributed by atoms with van der Waals surface area (Å²) >= 11 is 0. The molecule has 0 aliphatic heterocycles. The highest BCUT2D eigenvalue weighted by molar-refractivity contribution is 5.95. The Labute approximate surface area is 128 Å². The van der Waals surface area contributed by atoms with Crippen LogP contribution in [0.4, 0.5) is 11.4 Å². The molecule has 1 aromatic heterocycles. The van der Waals surface area contributed by atoms with E-state index in [4.69, 9.17) is 4.74 Å². The molecule has 1 heterocycles. The van der Waals surface area contributed by atoms with Crippen LogP contribution in [0.3, 0.4) is 0 Å². The van der Waals surface area contributed by atoms with Crippen LogP contribution in [-0.4, -0.2) is 17.3 Å². The first-order valence-corrected chi connectivity index (χ1v) is 6.79. The Kier molecular flexibility index (Phi) is 3.58. The Morgan fingerprint density at radius 3 is 2.55 bits per heavy atom. The van der Waals surface area contributed by atoms with Crippen LogP contribution in [0.5, 0.6) is 5.75 Å². The second-order valence-corrected chi connectivity index (χ2v) is 4.91. The van der Waals surface area contributed by atoms with Crippen LogP contribution in [0.1, 0.15) is 11.3 Å². The average molecular weight is 290 g/mol. The van der Waals surface area contributed by atoms with Crippen molar-refractivity contribution in [3.63, 3.8) is 0 Å². The summed E-state index contributed by atoms with van der Waals surface area (Å²) in [5.74, 6) is 0.777. The molecular formula is C17H14N4O. The third-order valence-electron chi connectivity index (χ3n) is 3.38. The van der Waals surface area contributed by atoms with Crippen molar-refractivity contribution in [3.05, 3.63) is 53.7 Å². The molecule has 1 N–H and O–H groups in total. The molecule has 5 nitrogen and oxygen atoms in total. The highest BCUT2D eigenvalue weighted by Gasteiger charge is 2.11. The molecule has 5 heteroatoms. The number of methoxy groups -OCH3 is 1. The second kappa shape index (κ2) is 5.70. The first-order valence-electron chi connectivity index (χ1n) is 6.79. The number of anilines is 2. The van der Waals surface area contributed by atoms with Gasteiger partial charge in [-0.15, -0.1) is 10.2 Å². The third kappa shape index (κ3) is 2.54. The average Bonchev–Trinajstić information content (AvgIpc) is 2.56. The summed E-state index contributed by atoms with van der Waals surface area (Å²) in [4.78, 5) is 0. The highest BCUT2D eigenvalue weighted by atomic mass is 16.5. The number of rotatable bonds is 3. The fourth-order valence-electron chi connectivity index (χ4n) is 2.24. The van der Waals surface area contributed by atoms with Gasteiger partial charge in [-0.1, -0.05) is 11.6 Å². The van der Waals surface area contributed by atoms with Gasteiger partial charge in [0.15, 0.2) is 5.69 Å². The van der Waals surface area contributed by atoms with E-state index in [1.807, 2.05) is 49.4 Å². The van der Waals surface area contributed by atoms with Gasteiger partial charge in [-0.2, -0.15) is 5.26 Å². The van der Waals surface area contributed by atoms with Gasteiger partial charge in [-0.3, -0.25) is 0 Å². The van der Waals surface area contributed by atoms with Crippen molar-refractivity contribution < 1.29 is 4.74 Å². The molecule has 0 radical (unpaired) electrons. The van der Waals surface area contributed by atoms with Crippen molar-refractivity contribution in [2.75, 3.05) is 12.4 Å². The Morgan fingerprint density at radius 2 is 1.86 bits per heavy atom. The molecule has 0 aliphatic rings. The largest absolute Gasteiger partial charge is 0.497 e. The molecule has 0 saturated heterocycles. The molecule has 0 aliphatic carbocycles. The molecule has 0 fully saturated rings. The fourth-order valence-corrected chi connectivity index (χ4v) is 2.24. The first kappa shape index (κ1) is 13.8. The summed E-state index contributed by atoms with van der Waals surface area (Å²) < 4.78 is 5.15. The van der Waals surface area contributed by atoms with Gasteiger partial charge in [0.05, 0.1) is 18.3 Å². The molecular weight excluding hydrogens is 276 g/mol. The van der Waals surface area contributed by atoms with E-state index in [-0.39, 0.29) is 5.69 Å². The number of hydrogen-bond donors (Lipinski definition) is 1. The van der Waals surface area contributed by atoms with E-state index in [2.05, 4.69) is 21.6 Å². The van der Waals surface area contributed by atoms with E-state index in [1.54, 1.807) is 7.11 Å². The van der Waals surface area contributed by atoms with Gasteiger partial charge in [0.2, 0.25) is 0 Å². The van der Waals surface area contributed by atoms with Crippen molar-refractivity contribution >= 4 is 22.3 Å². The smallest absolute Gasteiger partial charge is 0.187 e. The minimum atomic E-state index is 0.272. The fraction of sp³-hybridized carbons (Fsp3) is 0.118. The normalized spacial score (nSPS) is 10.2. The lowest BCUT2D eigenvalue weighted by Gasteiger charge is -2.11. The van der Waals surface area contributed by atoms with Crippen LogP contribution >= 0.6 is 0 Å². The van der Waals surface area contributed by atoms with Crippen molar-refractivity contribution in [1.82, 2.24) is 10.2 Å². The van der Waals surface area contributed by atoms with Crippen LogP contribution in [0.15, 0.2) is 42.5 Å². The third-order valence-corrected chi connectivity index (χ3v) is 3.38. The molecule has 0 spiro atoms. The van der Waals surface area contributed by atoms with Crippen molar-refractivity contribution in [2.24, 2.45) is 0 Å². The second-order valence-electron chi connectivity index (χ2n) is 4.91. The molecule has 108 valence electrons. The number of hydrogen-bond acceptors (Lipinski definition) is 5. The molecule has 0 saturated carbocycles. The number of ether oxygens (including phenoxy) is 1. The van der Waals surface area contributed by atoms with Gasteiger partial charge in [-0.25, -0.2) is 0 Å². The SMILES string of the molecule is COc1ccc(Nc2c(C#N)nnc3ccc(C)cc23)cc1. The number of nitriles is 1. The zero-order valence-corrected chi connectivity index (χ0v) is 12.3. The summed E-state index contributed by atoms with van der Waals surface area (Å²) in [5, 5.41) is 21.5. The van der Waals surface area contributed by atoms with E-state index in [1.165, 1.54) is 0 Å². The zero-order chi connectivity index (χ0) is 15.5. The highest BCUT2D eigenvalue weighted by Crippen LogP contribution is 2.28. The van der Waals surface area contributed by atoms with Crippen LogP contribution in [-0.2, 0) is 0 Å². The predicted molar refractivity (Wildman–Crippen MR) is 85.3 cm³/mol. The first-order chi connectivity index (χ1) is 10.7. The minimum absolute atomic E-state index is 0.272. The molecule has 0 unspecified atom stereocenters. The van der Waals surface area contributed by atoms with Crippen molar-refractivity contribution in [1.29, 1.82) is 5.26 Å². The maximum absolute atomic E-state index is 9.29. The topological polar surface area (TPSA) is 70.8 Å². The standard InChI is InChI=1S/C17H14N4O/c1-11-3-8-15-14(9-11)17(16(10-18)21-20-15)19-12-4-6-13(22-2)7-5-12/h3-9H,1-2H3,(H,19,20). The number of fused-ring (bicyclic) bond motifs is 1. The van der Waals surface area contributed by atoms with Crippen molar-refractivity contribution in [2.45, 2.75) is 6.92 Å². The Hall–Kier alpha value is -3.13. The van der Waals surface area contributed by atoms with Crippen molar-refractivity contribution in [3.8, 4) is 11.8 Å². The molecule has 0 atom stereocenters. The molecule has 2 aromatic carbocycles. The quantitative estimate of drug-likeness (QED) is 0.798. The number of nitrogens with zero attached hydrogens (tertiary/aromatic N) is 3. The van der Waals surface area contributed by atoms with Gasteiger partial charge in [0.1, 0.15) is 11.8 Å². The summed E-state index contributed by atoms with van der Waals surface area (Å²) in [6, 6.07) is 15.5. The van der Waals surface area contributed by atoms with Crippen LogP contribution in [0.2, 0.25) is 0 Å². The molecule has 3 rings (SSSR count). The van der Waals surface area contributed by atoms with Gasteiger partial charge in [0, 0.05) is 11.1 Å². The molecule has 3 aromatic rings. The Morgan fingerprint density at radius 1 is 1.09 bits per heavy atom. The van der Waals surface area contributed by atoms with E-state index < -0.39 is 0 Å². The van der Waals surface area contributed by atoms with E-state index >= 15 is 0 Å². The summed E-state index contributed by atoms with van der Waals surface area (Å²) in [6.45, 7) is 2.00. The van der Waals surface area contributed by atoms with Gasteiger partial charge in [-0.05, 0) is 43.3 Å². The van der Waals surface area contributed by atoms with Crippen LogP contribution < -0.4 is 10.1 Å². The van der Waals surface area contributed by atoms with Crippen LogP contribution in [0, 0.1) is 18.3 Å². The predicted octanol–water partition coefficient (Wildman–Crippen LogP) is 3.56. The van der Waals surface area contributed by atoms with E-state index in [0.717, 1.165) is 27.9 Å². The van der Waals surface area contributed by atoms with Gasteiger partial charge in [0.25, 0.3) is 0 Å². The monoisotopic (exact) mass is 290 g/mol.